The summed E-state index contributed by atoms with van der Waals surface area (Å²) in [7, 11) is 0. The van der Waals surface area contributed by atoms with Crippen molar-refractivity contribution in [1.82, 2.24) is 0 Å². The lowest BCUT2D eigenvalue weighted by Gasteiger charge is -2.39. The van der Waals surface area contributed by atoms with Gasteiger partial charge in [0.25, 0.3) is 6.08 Å². The van der Waals surface area contributed by atoms with Crippen LogP contribution in [0.2, 0.25) is 0 Å². The first kappa shape index (κ1) is 36.2. The van der Waals surface area contributed by atoms with Gasteiger partial charge in [-0.05, 0) is 111 Å². The number of hydrogen-bond donors (Lipinski definition) is 1. The number of halogens is 2. The normalized spacial score (nSPS) is 21.7. The first-order valence-corrected chi connectivity index (χ1v) is 16.7. The fourth-order valence-electron chi connectivity index (χ4n) is 6.78. The SMILES string of the molecule is C=C(C)C(=O)OCC(CCOC(=O)C(=C)CO)C1CCC(C2CCC(c3ccc(-c4ccc(CCC=C(F)F)cc4)cc3)CO2)CC1. The number of hydrogen-bond acceptors (Lipinski definition) is 6. The molecule has 3 unspecified atom stereocenters. The van der Waals surface area contributed by atoms with Gasteiger partial charge >= 0.3 is 11.9 Å². The minimum atomic E-state index is -1.63. The zero-order chi connectivity index (χ0) is 33.8. The summed E-state index contributed by atoms with van der Waals surface area (Å²) >= 11 is 0. The van der Waals surface area contributed by atoms with Crippen molar-refractivity contribution in [2.45, 2.75) is 76.7 Å². The fraction of sp³-hybridized carbons (Fsp3) is 0.487. The van der Waals surface area contributed by atoms with Crippen molar-refractivity contribution >= 4 is 11.9 Å². The second-order valence-electron chi connectivity index (χ2n) is 13.0. The van der Waals surface area contributed by atoms with Gasteiger partial charge in [0.1, 0.15) is 0 Å². The monoisotopic (exact) mass is 650 g/mol. The van der Waals surface area contributed by atoms with Crippen LogP contribution in [-0.4, -0.2) is 49.6 Å². The van der Waals surface area contributed by atoms with Crippen molar-refractivity contribution in [2.24, 2.45) is 17.8 Å². The van der Waals surface area contributed by atoms with Crippen molar-refractivity contribution in [3.05, 3.63) is 96.1 Å². The van der Waals surface area contributed by atoms with E-state index in [0.29, 0.717) is 49.2 Å². The topological polar surface area (TPSA) is 82.1 Å². The number of ether oxygens (including phenoxy) is 3. The standard InChI is InChI=1S/C39H48F2O6/c1-26(2)38(43)47-25-35(21-22-45-39(44)27(3)23-42)32-15-17-33(18-16-32)36-20-19-34(24-46-36)31-13-11-30(12-14-31)29-9-7-28(8-10-29)5-4-6-37(40)41/h6-14,32-36,42H,1,3-5,15-25H2,2H3. The minimum Gasteiger partial charge on any atom is -0.462 e. The van der Waals surface area contributed by atoms with Gasteiger partial charge < -0.3 is 19.3 Å². The summed E-state index contributed by atoms with van der Waals surface area (Å²) in [4.78, 5) is 24.0. The Morgan fingerprint density at radius 2 is 1.60 bits per heavy atom. The van der Waals surface area contributed by atoms with E-state index in [0.717, 1.165) is 61.3 Å². The predicted molar refractivity (Wildman–Crippen MR) is 179 cm³/mol. The van der Waals surface area contributed by atoms with Crippen molar-refractivity contribution < 1.29 is 37.7 Å². The van der Waals surface area contributed by atoms with Crippen molar-refractivity contribution in [2.75, 3.05) is 26.4 Å². The van der Waals surface area contributed by atoms with Crippen molar-refractivity contribution in [1.29, 1.82) is 0 Å². The quantitative estimate of drug-likeness (QED) is 0.154. The average molecular weight is 651 g/mol. The molecule has 6 nitrogen and oxygen atoms in total. The number of carbonyl (C=O) groups excluding carboxylic acids is 2. The molecule has 2 aromatic rings. The molecule has 2 fully saturated rings. The van der Waals surface area contributed by atoms with Gasteiger partial charge in [-0.15, -0.1) is 0 Å². The number of allylic oxidation sites excluding steroid dienone is 1. The second kappa shape index (κ2) is 18.1. The van der Waals surface area contributed by atoms with Gasteiger partial charge in [-0.2, -0.15) is 8.78 Å². The molecular weight excluding hydrogens is 602 g/mol. The van der Waals surface area contributed by atoms with E-state index < -0.39 is 24.6 Å². The number of esters is 2. The number of carbonyl (C=O) groups is 2. The summed E-state index contributed by atoms with van der Waals surface area (Å²) in [6.45, 7) is 9.50. The molecule has 1 heterocycles. The van der Waals surface area contributed by atoms with Crippen LogP contribution in [0, 0.1) is 17.8 Å². The van der Waals surface area contributed by atoms with Crippen LogP contribution >= 0.6 is 0 Å². The van der Waals surface area contributed by atoms with E-state index >= 15 is 0 Å². The van der Waals surface area contributed by atoms with E-state index in [9.17, 15) is 18.4 Å². The molecule has 2 aromatic carbocycles. The summed E-state index contributed by atoms with van der Waals surface area (Å²) in [5.74, 6) is 0.238. The third-order valence-corrected chi connectivity index (χ3v) is 9.70. The van der Waals surface area contributed by atoms with Crippen LogP contribution in [0.1, 0.15) is 75.3 Å². The molecule has 0 amide bonds. The average Bonchev–Trinajstić information content (AvgIpc) is 3.09. The van der Waals surface area contributed by atoms with E-state index in [1.54, 1.807) is 6.92 Å². The number of aryl methyl sites for hydroxylation is 1. The first-order chi connectivity index (χ1) is 22.6. The molecule has 0 radical (unpaired) electrons. The molecule has 8 heteroatoms. The molecule has 0 aromatic heterocycles. The zero-order valence-corrected chi connectivity index (χ0v) is 27.4. The molecule has 3 atom stereocenters. The van der Waals surface area contributed by atoms with E-state index in [-0.39, 0.29) is 30.8 Å². The smallest absolute Gasteiger partial charge is 0.335 e. The van der Waals surface area contributed by atoms with Crippen LogP contribution in [0.3, 0.4) is 0 Å². The van der Waals surface area contributed by atoms with Crippen LogP contribution in [0.15, 0.2) is 85.0 Å². The molecule has 254 valence electrons. The Balaban J connectivity index is 1.24. The molecule has 1 saturated carbocycles. The van der Waals surface area contributed by atoms with Gasteiger partial charge in [-0.25, -0.2) is 9.59 Å². The van der Waals surface area contributed by atoms with Gasteiger partial charge in [0.2, 0.25) is 0 Å². The molecule has 1 saturated heterocycles. The lowest BCUT2D eigenvalue weighted by Crippen LogP contribution is -2.35. The molecule has 4 rings (SSSR count). The maximum absolute atomic E-state index is 12.3. The molecule has 0 spiro atoms. The highest BCUT2D eigenvalue weighted by molar-refractivity contribution is 5.88. The van der Waals surface area contributed by atoms with E-state index in [4.69, 9.17) is 19.3 Å². The number of aliphatic hydroxyl groups is 1. The first-order valence-electron chi connectivity index (χ1n) is 16.7. The third-order valence-electron chi connectivity index (χ3n) is 9.70. The van der Waals surface area contributed by atoms with Gasteiger partial charge in [0, 0.05) is 11.5 Å². The van der Waals surface area contributed by atoms with Crippen LogP contribution in [0.5, 0.6) is 0 Å². The Hall–Kier alpha value is -3.62. The highest BCUT2D eigenvalue weighted by Gasteiger charge is 2.35. The molecule has 1 aliphatic carbocycles. The summed E-state index contributed by atoms with van der Waals surface area (Å²) in [6.07, 6.45) is 7.26. The van der Waals surface area contributed by atoms with Gasteiger partial charge in [0.05, 0.1) is 38.1 Å². The summed E-state index contributed by atoms with van der Waals surface area (Å²) in [6, 6.07) is 16.8. The molecule has 1 aliphatic heterocycles. The number of aliphatic hydroxyl groups excluding tert-OH is 1. The maximum atomic E-state index is 12.3. The summed E-state index contributed by atoms with van der Waals surface area (Å²) in [5, 5.41) is 9.11. The number of rotatable bonds is 15. The van der Waals surface area contributed by atoms with Gasteiger partial charge in [-0.3, -0.25) is 0 Å². The fourth-order valence-corrected chi connectivity index (χ4v) is 6.78. The van der Waals surface area contributed by atoms with Crippen LogP contribution in [0.25, 0.3) is 11.1 Å². The third kappa shape index (κ3) is 11.0. The zero-order valence-electron chi connectivity index (χ0n) is 27.4. The Morgan fingerprint density at radius 3 is 2.17 bits per heavy atom. The lowest BCUT2D eigenvalue weighted by molar-refractivity contribution is -0.144. The molecule has 1 N–H and O–H groups in total. The molecule has 0 bridgehead atoms. The van der Waals surface area contributed by atoms with E-state index in [1.807, 2.05) is 24.3 Å². The minimum absolute atomic E-state index is 0.0201. The Bertz CT molecular complexity index is 1360. The lowest BCUT2D eigenvalue weighted by atomic mass is 9.72. The Morgan fingerprint density at radius 1 is 0.936 bits per heavy atom. The Labute approximate surface area is 277 Å². The second-order valence-corrected chi connectivity index (χ2v) is 13.0. The van der Waals surface area contributed by atoms with E-state index in [1.165, 1.54) is 5.56 Å². The van der Waals surface area contributed by atoms with E-state index in [2.05, 4.69) is 37.4 Å². The van der Waals surface area contributed by atoms with Crippen molar-refractivity contribution in [3.8, 4) is 11.1 Å². The molecule has 47 heavy (non-hydrogen) atoms. The molecule has 2 aliphatic rings. The highest BCUT2D eigenvalue weighted by atomic mass is 19.3. The van der Waals surface area contributed by atoms with Crippen LogP contribution < -0.4 is 0 Å². The predicted octanol–water partition coefficient (Wildman–Crippen LogP) is 8.35. The Kier molecular flexibility index (Phi) is 13.9. The molecular formula is C39H48F2O6. The number of benzene rings is 2. The summed E-state index contributed by atoms with van der Waals surface area (Å²) in [5.41, 5.74) is 4.93. The highest BCUT2D eigenvalue weighted by Crippen LogP contribution is 2.41. The van der Waals surface area contributed by atoms with Crippen LogP contribution in [-0.2, 0) is 30.2 Å². The maximum Gasteiger partial charge on any atom is 0.335 e. The largest absolute Gasteiger partial charge is 0.462 e. The van der Waals surface area contributed by atoms with Crippen LogP contribution in [0.4, 0.5) is 8.78 Å². The van der Waals surface area contributed by atoms with Gasteiger partial charge in [-0.1, -0.05) is 61.7 Å². The summed E-state index contributed by atoms with van der Waals surface area (Å²) < 4.78 is 41.8. The van der Waals surface area contributed by atoms with Crippen molar-refractivity contribution in [3.63, 3.8) is 0 Å². The van der Waals surface area contributed by atoms with Gasteiger partial charge in [0.15, 0.2) is 0 Å².